The van der Waals surface area contributed by atoms with Crippen LogP contribution in [-0.2, 0) is 0 Å². The number of thiazole rings is 2. The molecular formula is C22H18N8S2. The van der Waals surface area contributed by atoms with Crippen molar-refractivity contribution < 1.29 is 0 Å². The second kappa shape index (κ2) is 11.4. The SMILES string of the molecule is C(=N\Nc1nc2ccccc2s1)/c1ccccn1.C(=N\Nc1nccs1)/c1ccccn1. The molecule has 0 atom stereocenters. The fourth-order valence-electron chi connectivity index (χ4n) is 2.41. The molecule has 158 valence electrons. The molecular weight excluding hydrogens is 440 g/mol. The van der Waals surface area contributed by atoms with Crippen molar-refractivity contribution in [3.8, 4) is 0 Å². The lowest BCUT2D eigenvalue weighted by atomic mass is 10.3. The Morgan fingerprint density at radius 1 is 0.688 bits per heavy atom. The maximum atomic E-state index is 4.42. The average molecular weight is 459 g/mol. The summed E-state index contributed by atoms with van der Waals surface area (Å²) >= 11 is 3.08. The number of pyridine rings is 2. The number of nitrogens with zero attached hydrogens (tertiary/aromatic N) is 6. The Labute approximate surface area is 192 Å². The van der Waals surface area contributed by atoms with Crippen molar-refractivity contribution in [3.63, 3.8) is 0 Å². The molecule has 0 bridgehead atoms. The molecule has 8 nitrogen and oxygen atoms in total. The topological polar surface area (TPSA) is 100 Å². The van der Waals surface area contributed by atoms with Gasteiger partial charge in [-0.25, -0.2) is 9.97 Å². The summed E-state index contributed by atoms with van der Waals surface area (Å²) in [5.74, 6) is 0. The average Bonchev–Trinajstić information content (AvgIpc) is 3.50. The molecule has 0 saturated carbocycles. The van der Waals surface area contributed by atoms with Gasteiger partial charge in [-0.3, -0.25) is 20.8 Å². The summed E-state index contributed by atoms with van der Waals surface area (Å²) in [5, 5.41) is 11.6. The monoisotopic (exact) mass is 458 g/mol. The highest BCUT2D eigenvalue weighted by Crippen LogP contribution is 2.25. The van der Waals surface area contributed by atoms with Gasteiger partial charge in [0.15, 0.2) is 0 Å². The maximum Gasteiger partial charge on any atom is 0.204 e. The van der Waals surface area contributed by atoms with Crippen LogP contribution in [-0.4, -0.2) is 32.4 Å². The molecule has 0 unspecified atom stereocenters. The Morgan fingerprint density at radius 3 is 1.94 bits per heavy atom. The van der Waals surface area contributed by atoms with E-state index in [-0.39, 0.29) is 0 Å². The van der Waals surface area contributed by atoms with Crippen LogP contribution in [0.2, 0.25) is 0 Å². The number of hydrogen-bond donors (Lipinski definition) is 2. The molecule has 0 aliphatic rings. The lowest BCUT2D eigenvalue weighted by molar-refractivity contribution is 1.26. The number of benzene rings is 1. The molecule has 2 N–H and O–H groups in total. The summed E-state index contributed by atoms with van der Waals surface area (Å²) in [5.41, 5.74) is 8.34. The van der Waals surface area contributed by atoms with Crippen LogP contribution < -0.4 is 10.9 Å². The Morgan fingerprint density at radius 2 is 1.34 bits per heavy atom. The summed E-state index contributed by atoms with van der Waals surface area (Å²) in [6, 6.07) is 19.4. The normalized spacial score (nSPS) is 10.9. The van der Waals surface area contributed by atoms with Gasteiger partial charge in [-0.1, -0.05) is 35.6 Å². The Hall–Kier alpha value is -4.02. The van der Waals surface area contributed by atoms with E-state index in [2.05, 4.69) is 41.0 Å². The molecule has 0 spiro atoms. The van der Waals surface area contributed by atoms with Crippen LogP contribution in [0.1, 0.15) is 11.4 Å². The van der Waals surface area contributed by atoms with Gasteiger partial charge in [0.1, 0.15) is 0 Å². The Balaban J connectivity index is 0.000000158. The largest absolute Gasteiger partial charge is 0.255 e. The van der Waals surface area contributed by atoms with Gasteiger partial charge < -0.3 is 0 Å². The second-order valence-electron chi connectivity index (χ2n) is 6.07. The van der Waals surface area contributed by atoms with Crippen molar-refractivity contribution in [2.24, 2.45) is 10.2 Å². The molecule has 0 radical (unpaired) electrons. The van der Waals surface area contributed by atoms with Gasteiger partial charge in [-0.15, -0.1) is 11.3 Å². The van der Waals surface area contributed by atoms with Crippen molar-refractivity contribution in [2.45, 2.75) is 0 Å². The number of hydrazone groups is 2. The van der Waals surface area contributed by atoms with Gasteiger partial charge in [0.25, 0.3) is 0 Å². The van der Waals surface area contributed by atoms with E-state index in [0.717, 1.165) is 31.9 Å². The predicted molar refractivity (Wildman–Crippen MR) is 133 cm³/mol. The van der Waals surface area contributed by atoms with Crippen LogP contribution in [0.3, 0.4) is 0 Å². The van der Waals surface area contributed by atoms with E-state index in [1.54, 1.807) is 42.4 Å². The standard InChI is InChI=1S/C13H10N4S.C9H8N4S/c1-2-7-12-11(6-1)16-13(18-12)17-15-9-10-5-3-4-8-14-10;1-2-4-10-8(3-1)7-12-13-9-11-5-6-14-9/h1-9H,(H,16,17);1-7H,(H,11,13)/b15-9+;12-7+. The lowest BCUT2D eigenvalue weighted by Crippen LogP contribution is -1.91. The van der Waals surface area contributed by atoms with Gasteiger partial charge in [0.05, 0.1) is 34.0 Å². The summed E-state index contributed by atoms with van der Waals surface area (Å²) in [7, 11) is 0. The minimum atomic E-state index is 0.775. The maximum absolute atomic E-state index is 4.42. The highest BCUT2D eigenvalue weighted by Gasteiger charge is 2.00. The summed E-state index contributed by atoms with van der Waals surface area (Å²) < 4.78 is 1.15. The number of fused-ring (bicyclic) bond motifs is 1. The molecule has 0 aliphatic carbocycles. The first-order valence-electron chi connectivity index (χ1n) is 9.52. The lowest BCUT2D eigenvalue weighted by Gasteiger charge is -1.92. The van der Waals surface area contributed by atoms with Crippen molar-refractivity contribution >= 4 is 55.6 Å². The zero-order chi connectivity index (χ0) is 21.8. The van der Waals surface area contributed by atoms with E-state index in [0.29, 0.717) is 0 Å². The van der Waals surface area contributed by atoms with E-state index >= 15 is 0 Å². The van der Waals surface area contributed by atoms with E-state index in [1.807, 2.05) is 66.0 Å². The summed E-state index contributed by atoms with van der Waals surface area (Å²) in [4.78, 5) is 16.7. The van der Waals surface area contributed by atoms with Crippen LogP contribution in [0.25, 0.3) is 10.2 Å². The number of nitrogens with one attached hydrogen (secondary N) is 2. The third kappa shape index (κ3) is 6.49. The highest BCUT2D eigenvalue weighted by molar-refractivity contribution is 7.22. The minimum absolute atomic E-state index is 0.775. The highest BCUT2D eigenvalue weighted by atomic mass is 32.1. The molecule has 0 saturated heterocycles. The first-order valence-corrected chi connectivity index (χ1v) is 11.2. The van der Waals surface area contributed by atoms with Gasteiger partial charge in [0, 0.05) is 24.0 Å². The Kier molecular flexibility index (Phi) is 7.56. The number of para-hydroxylation sites is 1. The van der Waals surface area contributed by atoms with Gasteiger partial charge in [0.2, 0.25) is 10.3 Å². The van der Waals surface area contributed by atoms with E-state index in [1.165, 1.54) is 11.3 Å². The first kappa shape index (κ1) is 21.2. The van der Waals surface area contributed by atoms with Gasteiger partial charge in [-0.2, -0.15) is 10.2 Å². The van der Waals surface area contributed by atoms with Crippen molar-refractivity contribution in [3.05, 3.63) is 96.0 Å². The molecule has 5 rings (SSSR count). The molecule has 0 aliphatic heterocycles. The van der Waals surface area contributed by atoms with Crippen molar-refractivity contribution in [1.82, 2.24) is 19.9 Å². The fourth-order valence-corrected chi connectivity index (χ4v) is 3.70. The number of aromatic nitrogens is 4. The molecule has 4 aromatic heterocycles. The minimum Gasteiger partial charge on any atom is -0.255 e. The summed E-state index contributed by atoms with van der Waals surface area (Å²) in [6.45, 7) is 0. The van der Waals surface area contributed by atoms with Gasteiger partial charge >= 0.3 is 0 Å². The molecule has 10 heteroatoms. The Bertz CT molecular complexity index is 1240. The molecule has 4 heterocycles. The van der Waals surface area contributed by atoms with Crippen molar-refractivity contribution in [1.29, 1.82) is 0 Å². The smallest absolute Gasteiger partial charge is 0.204 e. The first-order chi connectivity index (χ1) is 15.9. The van der Waals surface area contributed by atoms with Crippen molar-refractivity contribution in [2.75, 3.05) is 10.9 Å². The van der Waals surface area contributed by atoms with Crippen LogP contribution in [0.5, 0.6) is 0 Å². The van der Waals surface area contributed by atoms with E-state index < -0.39 is 0 Å². The quantitative estimate of drug-likeness (QED) is 0.271. The predicted octanol–water partition coefficient (Wildman–Crippen LogP) is 5.12. The van der Waals surface area contributed by atoms with E-state index in [4.69, 9.17) is 0 Å². The third-order valence-electron chi connectivity index (χ3n) is 3.82. The number of anilines is 2. The molecule has 0 amide bonds. The number of rotatable bonds is 6. The number of hydrogen-bond acceptors (Lipinski definition) is 10. The van der Waals surface area contributed by atoms with E-state index in [9.17, 15) is 0 Å². The van der Waals surface area contributed by atoms with Crippen LogP contribution in [0, 0.1) is 0 Å². The fraction of sp³-hybridized carbons (Fsp3) is 0. The zero-order valence-electron chi connectivity index (χ0n) is 16.7. The summed E-state index contributed by atoms with van der Waals surface area (Å²) in [6.07, 6.45) is 8.51. The van der Waals surface area contributed by atoms with Crippen LogP contribution >= 0.6 is 22.7 Å². The molecule has 5 aromatic rings. The van der Waals surface area contributed by atoms with Gasteiger partial charge in [-0.05, 0) is 36.4 Å². The van der Waals surface area contributed by atoms with Crippen LogP contribution in [0.15, 0.2) is 94.8 Å². The van der Waals surface area contributed by atoms with Crippen LogP contribution in [0.4, 0.5) is 10.3 Å². The molecule has 32 heavy (non-hydrogen) atoms. The zero-order valence-corrected chi connectivity index (χ0v) is 18.4. The second-order valence-corrected chi connectivity index (χ2v) is 8.00. The molecule has 1 aromatic carbocycles. The molecule has 0 fully saturated rings. The third-order valence-corrected chi connectivity index (χ3v) is 5.43.